The molecule has 2 unspecified atom stereocenters. The van der Waals surface area contributed by atoms with Crippen molar-refractivity contribution in [3.8, 4) is 0 Å². The van der Waals surface area contributed by atoms with E-state index < -0.39 is 0 Å². The van der Waals surface area contributed by atoms with Gasteiger partial charge in [0.25, 0.3) is 0 Å². The molecule has 2 atom stereocenters. The van der Waals surface area contributed by atoms with Crippen LogP contribution in [-0.2, 0) is 5.54 Å². The van der Waals surface area contributed by atoms with Gasteiger partial charge in [-0.05, 0) is 32.7 Å². The predicted octanol–water partition coefficient (Wildman–Crippen LogP) is 2.54. The molecule has 1 aromatic carbocycles. The number of benzene rings is 1. The zero-order valence-electron chi connectivity index (χ0n) is 11.3. The Morgan fingerprint density at radius 3 is 2.47 bits per heavy atom. The van der Waals surface area contributed by atoms with Crippen molar-refractivity contribution in [3.63, 3.8) is 0 Å². The highest BCUT2D eigenvalue weighted by atomic mass is 32.2. The maximum Gasteiger partial charge on any atom is 0.0509 e. The van der Waals surface area contributed by atoms with Gasteiger partial charge in [-0.25, -0.2) is 0 Å². The van der Waals surface area contributed by atoms with E-state index in [9.17, 15) is 0 Å². The number of nitrogens with two attached hydrogens (primary N) is 1. The van der Waals surface area contributed by atoms with Crippen LogP contribution in [-0.4, -0.2) is 36.5 Å². The third-order valence-electron chi connectivity index (χ3n) is 3.17. The van der Waals surface area contributed by atoms with E-state index in [2.05, 4.69) is 44.2 Å². The molecule has 17 heavy (non-hydrogen) atoms. The SMILES string of the molecule is CSCC(C)N(C)CC(C)(N)c1ccccc1. The molecule has 0 saturated carbocycles. The fourth-order valence-electron chi connectivity index (χ4n) is 1.95. The monoisotopic (exact) mass is 252 g/mol. The van der Waals surface area contributed by atoms with Crippen molar-refractivity contribution >= 4 is 11.8 Å². The Labute approximate surface area is 110 Å². The first-order valence-corrected chi connectivity index (χ1v) is 7.40. The standard InChI is InChI=1S/C14H24N2S/c1-12(10-17-4)16(3)11-14(2,15)13-8-6-5-7-9-13/h5-9,12H,10-11,15H2,1-4H3. The molecule has 0 spiro atoms. The minimum absolute atomic E-state index is 0.289. The van der Waals surface area contributed by atoms with Crippen LogP contribution in [0.25, 0.3) is 0 Å². The highest BCUT2D eigenvalue weighted by Crippen LogP contribution is 2.19. The van der Waals surface area contributed by atoms with Crippen molar-refractivity contribution in [2.75, 3.05) is 25.6 Å². The quantitative estimate of drug-likeness (QED) is 0.843. The Kier molecular flexibility index (Phi) is 5.50. The van der Waals surface area contributed by atoms with Gasteiger partial charge in [-0.1, -0.05) is 30.3 Å². The van der Waals surface area contributed by atoms with Crippen molar-refractivity contribution in [1.82, 2.24) is 4.90 Å². The summed E-state index contributed by atoms with van der Waals surface area (Å²) in [4.78, 5) is 2.34. The molecule has 0 saturated heterocycles. The van der Waals surface area contributed by atoms with Crippen LogP contribution in [0.5, 0.6) is 0 Å². The first-order valence-electron chi connectivity index (χ1n) is 6.01. The molecule has 3 heteroatoms. The zero-order valence-corrected chi connectivity index (χ0v) is 12.1. The molecule has 0 aliphatic rings. The number of thioether (sulfide) groups is 1. The maximum absolute atomic E-state index is 6.42. The second kappa shape index (κ2) is 6.43. The second-order valence-corrected chi connectivity index (χ2v) is 5.91. The molecule has 0 bridgehead atoms. The summed E-state index contributed by atoms with van der Waals surface area (Å²) >= 11 is 1.88. The van der Waals surface area contributed by atoms with Gasteiger partial charge in [0.2, 0.25) is 0 Å². The van der Waals surface area contributed by atoms with Crippen LogP contribution in [0, 0.1) is 0 Å². The highest BCUT2D eigenvalue weighted by molar-refractivity contribution is 7.98. The lowest BCUT2D eigenvalue weighted by molar-refractivity contribution is 0.219. The van der Waals surface area contributed by atoms with Gasteiger partial charge < -0.3 is 10.6 Å². The molecular weight excluding hydrogens is 228 g/mol. The third-order valence-corrected chi connectivity index (χ3v) is 3.99. The third kappa shape index (κ3) is 4.34. The molecule has 1 rings (SSSR count). The topological polar surface area (TPSA) is 29.3 Å². The molecule has 2 N–H and O–H groups in total. The summed E-state index contributed by atoms with van der Waals surface area (Å²) in [5.41, 5.74) is 7.33. The number of nitrogens with zero attached hydrogens (tertiary/aromatic N) is 1. The Bertz CT molecular complexity index is 324. The van der Waals surface area contributed by atoms with Gasteiger partial charge in [0.1, 0.15) is 0 Å². The van der Waals surface area contributed by atoms with E-state index in [0.717, 1.165) is 12.3 Å². The normalized spacial score (nSPS) is 16.8. The van der Waals surface area contributed by atoms with Gasteiger partial charge >= 0.3 is 0 Å². The summed E-state index contributed by atoms with van der Waals surface area (Å²) in [5, 5.41) is 0. The molecule has 1 aromatic rings. The Morgan fingerprint density at radius 2 is 1.94 bits per heavy atom. The average molecular weight is 252 g/mol. The van der Waals surface area contributed by atoms with Crippen LogP contribution in [0.4, 0.5) is 0 Å². The van der Waals surface area contributed by atoms with Gasteiger partial charge in [0.05, 0.1) is 5.54 Å². The summed E-state index contributed by atoms with van der Waals surface area (Å²) in [7, 11) is 2.15. The average Bonchev–Trinajstić information content (AvgIpc) is 2.30. The van der Waals surface area contributed by atoms with E-state index in [1.165, 1.54) is 5.56 Å². The molecule has 0 amide bonds. The number of hydrogen-bond donors (Lipinski definition) is 1. The smallest absolute Gasteiger partial charge is 0.0509 e. The molecule has 0 aromatic heterocycles. The first-order chi connectivity index (χ1) is 7.97. The highest BCUT2D eigenvalue weighted by Gasteiger charge is 2.24. The van der Waals surface area contributed by atoms with E-state index in [0.29, 0.717) is 6.04 Å². The Hall–Kier alpha value is -0.510. The molecule has 0 aliphatic heterocycles. The van der Waals surface area contributed by atoms with Gasteiger partial charge in [-0.3, -0.25) is 0 Å². The first kappa shape index (κ1) is 14.6. The van der Waals surface area contributed by atoms with Crippen molar-refractivity contribution in [1.29, 1.82) is 0 Å². The van der Waals surface area contributed by atoms with Gasteiger partial charge in [0, 0.05) is 18.3 Å². The molecule has 2 nitrogen and oxygen atoms in total. The van der Waals surface area contributed by atoms with Crippen LogP contribution < -0.4 is 5.73 Å². The summed E-state index contributed by atoms with van der Waals surface area (Å²) in [6.07, 6.45) is 2.14. The lowest BCUT2D eigenvalue weighted by Crippen LogP contribution is -2.47. The van der Waals surface area contributed by atoms with Crippen molar-refractivity contribution < 1.29 is 0 Å². The summed E-state index contributed by atoms with van der Waals surface area (Å²) in [5.74, 6) is 1.14. The summed E-state index contributed by atoms with van der Waals surface area (Å²) in [6.45, 7) is 5.22. The van der Waals surface area contributed by atoms with Crippen molar-refractivity contribution in [3.05, 3.63) is 35.9 Å². The minimum atomic E-state index is -0.289. The fourth-order valence-corrected chi connectivity index (χ4v) is 2.69. The van der Waals surface area contributed by atoms with E-state index in [4.69, 9.17) is 5.73 Å². The van der Waals surface area contributed by atoms with Gasteiger partial charge in [0.15, 0.2) is 0 Å². The van der Waals surface area contributed by atoms with Crippen LogP contribution in [0.3, 0.4) is 0 Å². The predicted molar refractivity (Wildman–Crippen MR) is 78.5 cm³/mol. The molecule has 0 aliphatic carbocycles. The Morgan fingerprint density at radius 1 is 1.35 bits per heavy atom. The van der Waals surface area contributed by atoms with E-state index in [1.54, 1.807) is 0 Å². The zero-order chi connectivity index (χ0) is 12.9. The largest absolute Gasteiger partial charge is 0.321 e. The molecule has 0 heterocycles. The minimum Gasteiger partial charge on any atom is -0.321 e. The van der Waals surface area contributed by atoms with Crippen LogP contribution in [0.1, 0.15) is 19.4 Å². The lowest BCUT2D eigenvalue weighted by Gasteiger charge is -2.34. The van der Waals surface area contributed by atoms with Crippen LogP contribution in [0.2, 0.25) is 0 Å². The number of hydrogen-bond acceptors (Lipinski definition) is 3. The van der Waals surface area contributed by atoms with E-state index >= 15 is 0 Å². The second-order valence-electron chi connectivity index (χ2n) is 5.00. The van der Waals surface area contributed by atoms with Gasteiger partial charge in [-0.2, -0.15) is 11.8 Å². The van der Waals surface area contributed by atoms with Gasteiger partial charge in [-0.15, -0.1) is 0 Å². The van der Waals surface area contributed by atoms with Crippen molar-refractivity contribution in [2.24, 2.45) is 5.73 Å². The molecule has 0 radical (unpaired) electrons. The molecule has 96 valence electrons. The van der Waals surface area contributed by atoms with Crippen LogP contribution >= 0.6 is 11.8 Å². The lowest BCUT2D eigenvalue weighted by atomic mass is 9.92. The number of likely N-dealkylation sites (N-methyl/N-ethyl adjacent to an activating group) is 1. The van der Waals surface area contributed by atoms with E-state index in [-0.39, 0.29) is 5.54 Å². The molecule has 0 fully saturated rings. The summed E-state index contributed by atoms with van der Waals surface area (Å²) in [6, 6.07) is 10.9. The fraction of sp³-hybridized carbons (Fsp3) is 0.571. The maximum atomic E-state index is 6.42. The Balaban J connectivity index is 2.66. The van der Waals surface area contributed by atoms with E-state index in [1.807, 2.05) is 30.0 Å². The molecular formula is C14H24N2S. The number of rotatable bonds is 6. The van der Waals surface area contributed by atoms with Crippen LogP contribution in [0.15, 0.2) is 30.3 Å². The van der Waals surface area contributed by atoms with Crippen molar-refractivity contribution in [2.45, 2.75) is 25.4 Å². The summed E-state index contributed by atoms with van der Waals surface area (Å²) < 4.78 is 0.